The molecule has 1 rings (SSSR count). The first-order valence-corrected chi connectivity index (χ1v) is 3.10. The molecular formula is C7H8BFO. The minimum Gasteiger partial charge on any atom is -0.392 e. The van der Waals surface area contributed by atoms with Crippen LogP contribution in [0.2, 0.25) is 0 Å². The third kappa shape index (κ3) is 1.19. The van der Waals surface area contributed by atoms with Gasteiger partial charge in [-0.15, -0.1) is 0 Å². The van der Waals surface area contributed by atoms with Crippen LogP contribution in [-0.4, -0.2) is 13.0 Å². The highest BCUT2D eigenvalue weighted by molar-refractivity contribution is 6.33. The van der Waals surface area contributed by atoms with Crippen molar-refractivity contribution in [2.24, 2.45) is 0 Å². The number of benzene rings is 1. The molecular weight excluding hydrogens is 130 g/mol. The van der Waals surface area contributed by atoms with Crippen molar-refractivity contribution >= 4 is 13.3 Å². The van der Waals surface area contributed by atoms with Crippen LogP contribution in [0.1, 0.15) is 5.56 Å². The summed E-state index contributed by atoms with van der Waals surface area (Å²) in [5, 5.41) is 8.66. The Morgan fingerprint density at radius 2 is 2.20 bits per heavy atom. The van der Waals surface area contributed by atoms with Crippen molar-refractivity contribution in [1.29, 1.82) is 0 Å². The monoisotopic (exact) mass is 138 g/mol. The van der Waals surface area contributed by atoms with Crippen molar-refractivity contribution in [1.82, 2.24) is 0 Å². The Hall–Kier alpha value is -0.825. The predicted octanol–water partition coefficient (Wildman–Crippen LogP) is -0.424. The Bertz CT molecular complexity index is 217. The molecule has 0 aliphatic carbocycles. The molecule has 1 aromatic rings. The molecule has 0 amide bonds. The van der Waals surface area contributed by atoms with Crippen molar-refractivity contribution in [3.63, 3.8) is 0 Å². The zero-order chi connectivity index (χ0) is 7.56. The molecule has 1 aromatic carbocycles. The van der Waals surface area contributed by atoms with Gasteiger partial charge in [0.1, 0.15) is 13.7 Å². The summed E-state index contributed by atoms with van der Waals surface area (Å²) in [5.74, 6) is -0.331. The van der Waals surface area contributed by atoms with Gasteiger partial charge in [0.25, 0.3) is 0 Å². The summed E-state index contributed by atoms with van der Waals surface area (Å²) in [6.45, 7) is -0.224. The molecule has 0 spiro atoms. The topological polar surface area (TPSA) is 20.2 Å². The molecule has 0 heterocycles. The lowest BCUT2D eigenvalue weighted by molar-refractivity contribution is 0.277. The van der Waals surface area contributed by atoms with E-state index in [-0.39, 0.29) is 12.4 Å². The zero-order valence-corrected chi connectivity index (χ0v) is 5.76. The van der Waals surface area contributed by atoms with Gasteiger partial charge in [0.2, 0.25) is 0 Å². The molecule has 0 fully saturated rings. The van der Waals surface area contributed by atoms with Gasteiger partial charge in [0, 0.05) is 5.56 Å². The van der Waals surface area contributed by atoms with Gasteiger partial charge in [-0.1, -0.05) is 17.6 Å². The van der Waals surface area contributed by atoms with E-state index in [9.17, 15) is 4.39 Å². The maximum Gasteiger partial charge on any atom is 0.139 e. The van der Waals surface area contributed by atoms with Crippen LogP contribution in [0.3, 0.4) is 0 Å². The smallest absolute Gasteiger partial charge is 0.139 e. The van der Waals surface area contributed by atoms with Crippen LogP contribution in [0.4, 0.5) is 4.39 Å². The molecule has 52 valence electrons. The highest BCUT2D eigenvalue weighted by atomic mass is 19.1. The fraction of sp³-hybridized carbons (Fsp3) is 0.143. The van der Waals surface area contributed by atoms with Crippen molar-refractivity contribution in [2.75, 3.05) is 0 Å². The fourth-order valence-electron chi connectivity index (χ4n) is 0.867. The van der Waals surface area contributed by atoms with E-state index in [4.69, 9.17) is 5.11 Å². The van der Waals surface area contributed by atoms with Crippen molar-refractivity contribution in [2.45, 2.75) is 6.61 Å². The lowest BCUT2D eigenvalue weighted by Crippen LogP contribution is -2.11. The van der Waals surface area contributed by atoms with Gasteiger partial charge in [-0.2, -0.15) is 0 Å². The maximum atomic E-state index is 12.7. The highest BCUT2D eigenvalue weighted by Crippen LogP contribution is 2.01. The molecule has 0 bridgehead atoms. The minimum atomic E-state index is -0.331. The largest absolute Gasteiger partial charge is 0.392 e. The summed E-state index contributed by atoms with van der Waals surface area (Å²) < 4.78 is 12.7. The van der Waals surface area contributed by atoms with Gasteiger partial charge in [0.05, 0.1) is 6.61 Å². The van der Waals surface area contributed by atoms with Gasteiger partial charge in [-0.05, 0) is 6.07 Å². The number of hydrogen-bond acceptors (Lipinski definition) is 1. The molecule has 3 heteroatoms. The molecule has 0 radical (unpaired) electrons. The second-order valence-electron chi connectivity index (χ2n) is 2.19. The van der Waals surface area contributed by atoms with Gasteiger partial charge in [0.15, 0.2) is 0 Å². The van der Waals surface area contributed by atoms with Crippen molar-refractivity contribution < 1.29 is 9.50 Å². The first-order valence-electron chi connectivity index (χ1n) is 3.10. The van der Waals surface area contributed by atoms with E-state index in [0.29, 0.717) is 5.56 Å². The Labute approximate surface area is 59.9 Å². The summed E-state index contributed by atoms with van der Waals surface area (Å²) in [6, 6.07) is 4.75. The van der Waals surface area contributed by atoms with Crippen molar-refractivity contribution in [3.05, 3.63) is 29.6 Å². The molecule has 0 aliphatic heterocycles. The van der Waals surface area contributed by atoms with E-state index in [1.165, 1.54) is 6.07 Å². The second kappa shape index (κ2) is 2.84. The highest BCUT2D eigenvalue weighted by Gasteiger charge is 2.01. The average Bonchev–Trinajstić information content (AvgIpc) is 1.88. The van der Waals surface area contributed by atoms with Crippen LogP contribution in [0.15, 0.2) is 18.2 Å². The summed E-state index contributed by atoms with van der Waals surface area (Å²) in [6.07, 6.45) is 0. The van der Waals surface area contributed by atoms with Gasteiger partial charge in [-0.3, -0.25) is 0 Å². The van der Waals surface area contributed by atoms with E-state index < -0.39 is 0 Å². The van der Waals surface area contributed by atoms with Crippen LogP contribution >= 0.6 is 0 Å². The minimum absolute atomic E-state index is 0.224. The number of aliphatic hydroxyl groups is 1. The molecule has 1 nitrogen and oxygen atoms in total. The van der Waals surface area contributed by atoms with Crippen LogP contribution in [-0.2, 0) is 6.61 Å². The summed E-state index contributed by atoms with van der Waals surface area (Å²) >= 11 is 0. The van der Waals surface area contributed by atoms with Gasteiger partial charge in [-0.25, -0.2) is 4.39 Å². The molecule has 0 unspecified atom stereocenters. The normalized spacial score (nSPS) is 9.80. The Morgan fingerprint density at radius 3 is 2.60 bits per heavy atom. The molecule has 0 atom stereocenters. The molecule has 0 aliphatic rings. The Balaban J connectivity index is 3.17. The van der Waals surface area contributed by atoms with Crippen LogP contribution in [0.25, 0.3) is 0 Å². The number of aliphatic hydroxyl groups excluding tert-OH is 1. The van der Waals surface area contributed by atoms with Gasteiger partial charge < -0.3 is 5.11 Å². The lowest BCUT2D eigenvalue weighted by atomic mass is 9.91. The number of hydrogen-bond donors (Lipinski definition) is 1. The van der Waals surface area contributed by atoms with E-state index >= 15 is 0 Å². The van der Waals surface area contributed by atoms with E-state index in [0.717, 1.165) is 5.46 Å². The third-order valence-electron chi connectivity index (χ3n) is 1.51. The second-order valence-corrected chi connectivity index (χ2v) is 2.19. The molecule has 0 saturated heterocycles. The summed E-state index contributed by atoms with van der Waals surface area (Å²) in [7, 11) is 1.77. The van der Waals surface area contributed by atoms with E-state index in [1.54, 1.807) is 20.0 Å². The van der Waals surface area contributed by atoms with E-state index in [1.807, 2.05) is 0 Å². The molecule has 1 N–H and O–H groups in total. The van der Waals surface area contributed by atoms with Crippen LogP contribution in [0.5, 0.6) is 0 Å². The molecule has 0 aromatic heterocycles. The first kappa shape index (κ1) is 7.28. The van der Waals surface area contributed by atoms with E-state index in [2.05, 4.69) is 0 Å². The number of rotatable bonds is 1. The zero-order valence-electron chi connectivity index (χ0n) is 5.76. The van der Waals surface area contributed by atoms with Crippen LogP contribution < -0.4 is 5.46 Å². The quantitative estimate of drug-likeness (QED) is 0.522. The molecule has 0 saturated carbocycles. The predicted molar refractivity (Wildman–Crippen MR) is 40.5 cm³/mol. The standard InChI is InChI=1S/C7H8BFO/c8-6-2-1-3-7(9)5(6)4-10/h1-3,10H,4,8H2. The first-order chi connectivity index (χ1) is 4.75. The summed E-state index contributed by atoms with van der Waals surface area (Å²) in [4.78, 5) is 0. The van der Waals surface area contributed by atoms with Gasteiger partial charge >= 0.3 is 0 Å². The van der Waals surface area contributed by atoms with Crippen molar-refractivity contribution in [3.8, 4) is 0 Å². The fourth-order valence-corrected chi connectivity index (χ4v) is 0.867. The third-order valence-corrected chi connectivity index (χ3v) is 1.51. The summed E-state index contributed by atoms with van der Waals surface area (Å²) in [5.41, 5.74) is 1.19. The number of halogens is 1. The maximum absolute atomic E-state index is 12.7. The average molecular weight is 138 g/mol. The lowest BCUT2D eigenvalue weighted by Gasteiger charge is -2.01. The Kier molecular flexibility index (Phi) is 2.07. The van der Waals surface area contributed by atoms with Crippen LogP contribution in [0, 0.1) is 5.82 Å². The SMILES string of the molecule is Bc1cccc(F)c1CO. The molecule has 10 heavy (non-hydrogen) atoms. The Morgan fingerprint density at radius 1 is 1.50 bits per heavy atom.